The maximum absolute atomic E-state index is 11.6. The molecule has 1 rings (SSSR count). The molecular weight excluding hydrogens is 300 g/mol. The van der Waals surface area contributed by atoms with Crippen molar-refractivity contribution in [2.24, 2.45) is 0 Å². The van der Waals surface area contributed by atoms with Crippen LogP contribution < -0.4 is 10.6 Å². The van der Waals surface area contributed by atoms with Crippen molar-refractivity contribution in [3.05, 3.63) is 35.4 Å². The lowest BCUT2D eigenvalue weighted by Gasteiger charge is -2.08. The summed E-state index contributed by atoms with van der Waals surface area (Å²) in [5, 5.41) is 14.4. The van der Waals surface area contributed by atoms with Gasteiger partial charge < -0.3 is 15.7 Å². The van der Waals surface area contributed by atoms with Crippen LogP contribution in [0.2, 0.25) is 0 Å². The third-order valence-corrected chi connectivity index (χ3v) is 3.91. The Morgan fingerprint density at radius 1 is 1.05 bits per heavy atom. The molecule has 0 saturated carbocycles. The standard InChI is InChI=1S/C16H24N2O3S/c1-22-11-5-3-2-4-10-17-16(21)18-12-13-6-8-14(9-7-13)15(19)20/h6-9H,2-5,10-12H2,1H3,(H,19,20)(H2,17,18,21). The van der Waals surface area contributed by atoms with Crippen molar-refractivity contribution in [1.29, 1.82) is 0 Å². The zero-order valence-electron chi connectivity index (χ0n) is 12.9. The van der Waals surface area contributed by atoms with Crippen LogP contribution in [0.3, 0.4) is 0 Å². The number of hydrogen-bond donors (Lipinski definition) is 3. The Kier molecular flexibility index (Phi) is 9.14. The van der Waals surface area contributed by atoms with Gasteiger partial charge in [0.1, 0.15) is 0 Å². The fourth-order valence-electron chi connectivity index (χ4n) is 1.94. The number of carbonyl (C=O) groups excluding carboxylic acids is 1. The molecule has 1 aromatic rings. The molecule has 0 unspecified atom stereocenters. The van der Waals surface area contributed by atoms with Crippen molar-refractivity contribution in [3.63, 3.8) is 0 Å². The molecule has 0 saturated heterocycles. The first kappa shape index (κ1) is 18.4. The van der Waals surface area contributed by atoms with Gasteiger partial charge in [-0.15, -0.1) is 0 Å². The summed E-state index contributed by atoms with van der Waals surface area (Å²) in [5.74, 6) is 0.254. The van der Waals surface area contributed by atoms with E-state index in [2.05, 4.69) is 16.9 Å². The quantitative estimate of drug-likeness (QED) is 0.578. The maximum atomic E-state index is 11.6. The monoisotopic (exact) mass is 324 g/mol. The number of urea groups is 1. The Morgan fingerprint density at radius 3 is 2.36 bits per heavy atom. The number of carboxylic acids is 1. The van der Waals surface area contributed by atoms with Crippen molar-refractivity contribution >= 4 is 23.8 Å². The van der Waals surface area contributed by atoms with E-state index in [0.29, 0.717) is 13.1 Å². The number of thioether (sulfide) groups is 1. The molecule has 0 aliphatic heterocycles. The van der Waals surface area contributed by atoms with Crippen LogP contribution in [0, 0.1) is 0 Å². The molecule has 0 fully saturated rings. The Morgan fingerprint density at radius 2 is 1.73 bits per heavy atom. The minimum atomic E-state index is -0.949. The summed E-state index contributed by atoms with van der Waals surface area (Å²) in [6, 6.07) is 6.29. The molecule has 0 radical (unpaired) electrons. The highest BCUT2D eigenvalue weighted by Crippen LogP contribution is 2.05. The molecular formula is C16H24N2O3S. The van der Waals surface area contributed by atoms with Crippen LogP contribution in [0.5, 0.6) is 0 Å². The van der Waals surface area contributed by atoms with Crippen LogP contribution in [0.25, 0.3) is 0 Å². The van der Waals surface area contributed by atoms with Crippen LogP contribution in [-0.4, -0.2) is 35.7 Å². The van der Waals surface area contributed by atoms with E-state index >= 15 is 0 Å². The third-order valence-electron chi connectivity index (χ3n) is 3.21. The number of hydrogen-bond acceptors (Lipinski definition) is 3. The minimum absolute atomic E-state index is 0.188. The van der Waals surface area contributed by atoms with Crippen LogP contribution in [-0.2, 0) is 6.54 Å². The zero-order valence-corrected chi connectivity index (χ0v) is 13.7. The lowest BCUT2D eigenvalue weighted by Crippen LogP contribution is -2.35. The molecule has 3 N–H and O–H groups in total. The van der Waals surface area contributed by atoms with E-state index in [1.165, 1.54) is 30.7 Å². The maximum Gasteiger partial charge on any atom is 0.335 e. The summed E-state index contributed by atoms with van der Waals surface area (Å²) >= 11 is 1.86. The second kappa shape index (κ2) is 11.0. The van der Waals surface area contributed by atoms with Gasteiger partial charge in [-0.3, -0.25) is 0 Å². The van der Waals surface area contributed by atoms with Gasteiger partial charge >= 0.3 is 12.0 Å². The normalized spacial score (nSPS) is 10.2. The number of unbranched alkanes of at least 4 members (excludes halogenated alkanes) is 3. The van der Waals surface area contributed by atoms with Gasteiger partial charge in [0, 0.05) is 13.1 Å². The predicted molar refractivity (Wildman–Crippen MR) is 90.5 cm³/mol. The molecule has 122 valence electrons. The highest BCUT2D eigenvalue weighted by Gasteiger charge is 2.03. The number of benzene rings is 1. The highest BCUT2D eigenvalue weighted by molar-refractivity contribution is 7.98. The molecule has 0 bridgehead atoms. The number of aromatic carboxylic acids is 1. The minimum Gasteiger partial charge on any atom is -0.478 e. The van der Waals surface area contributed by atoms with Gasteiger partial charge in [-0.05, 0) is 42.5 Å². The highest BCUT2D eigenvalue weighted by atomic mass is 32.2. The Balaban J connectivity index is 2.11. The van der Waals surface area contributed by atoms with E-state index in [-0.39, 0.29) is 11.6 Å². The van der Waals surface area contributed by atoms with Crippen LogP contribution in [0.4, 0.5) is 4.79 Å². The Labute approximate surface area is 135 Å². The Bertz CT molecular complexity index is 463. The number of carbonyl (C=O) groups is 2. The van der Waals surface area contributed by atoms with Crippen molar-refractivity contribution in [1.82, 2.24) is 10.6 Å². The fraction of sp³-hybridized carbons (Fsp3) is 0.500. The molecule has 0 aliphatic carbocycles. The number of carboxylic acid groups (broad SMARTS) is 1. The van der Waals surface area contributed by atoms with Crippen molar-refractivity contribution in [2.45, 2.75) is 32.2 Å². The molecule has 0 heterocycles. The van der Waals surface area contributed by atoms with Crippen LogP contribution >= 0.6 is 11.8 Å². The molecule has 5 nitrogen and oxygen atoms in total. The van der Waals surface area contributed by atoms with Crippen molar-refractivity contribution in [3.8, 4) is 0 Å². The first-order valence-electron chi connectivity index (χ1n) is 7.46. The van der Waals surface area contributed by atoms with E-state index in [1.807, 2.05) is 11.8 Å². The van der Waals surface area contributed by atoms with Gasteiger partial charge in [0.25, 0.3) is 0 Å². The summed E-state index contributed by atoms with van der Waals surface area (Å²) < 4.78 is 0. The summed E-state index contributed by atoms with van der Waals surface area (Å²) in [6.07, 6.45) is 6.69. The molecule has 0 spiro atoms. The predicted octanol–water partition coefficient (Wildman–Crippen LogP) is 3.11. The number of rotatable bonds is 10. The van der Waals surface area contributed by atoms with E-state index in [9.17, 15) is 9.59 Å². The third kappa shape index (κ3) is 7.93. The van der Waals surface area contributed by atoms with Crippen molar-refractivity contribution < 1.29 is 14.7 Å². The van der Waals surface area contributed by atoms with E-state index < -0.39 is 5.97 Å². The molecule has 0 aliphatic rings. The van der Waals surface area contributed by atoms with Gasteiger partial charge in [0.2, 0.25) is 0 Å². The smallest absolute Gasteiger partial charge is 0.335 e. The molecule has 1 aromatic carbocycles. The summed E-state index contributed by atoms with van der Waals surface area (Å²) in [6.45, 7) is 1.07. The molecule has 0 atom stereocenters. The summed E-state index contributed by atoms with van der Waals surface area (Å²) in [7, 11) is 0. The Hall–Kier alpha value is -1.69. The zero-order chi connectivity index (χ0) is 16.2. The second-order valence-corrected chi connectivity index (χ2v) is 6.00. The average Bonchev–Trinajstić information content (AvgIpc) is 2.52. The van der Waals surface area contributed by atoms with Gasteiger partial charge in [-0.1, -0.05) is 25.0 Å². The largest absolute Gasteiger partial charge is 0.478 e. The SMILES string of the molecule is CSCCCCCCNC(=O)NCc1ccc(C(=O)O)cc1. The number of nitrogens with one attached hydrogen (secondary N) is 2. The van der Waals surface area contributed by atoms with Crippen molar-refractivity contribution in [2.75, 3.05) is 18.6 Å². The van der Waals surface area contributed by atoms with E-state index in [4.69, 9.17) is 5.11 Å². The van der Waals surface area contributed by atoms with E-state index in [0.717, 1.165) is 18.4 Å². The molecule has 2 amide bonds. The van der Waals surface area contributed by atoms with Gasteiger partial charge in [-0.25, -0.2) is 9.59 Å². The van der Waals surface area contributed by atoms with Gasteiger partial charge in [-0.2, -0.15) is 11.8 Å². The molecule has 0 aromatic heterocycles. The number of amides is 2. The summed E-state index contributed by atoms with van der Waals surface area (Å²) in [4.78, 5) is 22.3. The molecule has 6 heteroatoms. The van der Waals surface area contributed by atoms with E-state index in [1.54, 1.807) is 12.1 Å². The lowest BCUT2D eigenvalue weighted by atomic mass is 10.1. The molecule has 22 heavy (non-hydrogen) atoms. The van der Waals surface area contributed by atoms with Crippen LogP contribution in [0.1, 0.15) is 41.6 Å². The van der Waals surface area contributed by atoms with Crippen LogP contribution in [0.15, 0.2) is 24.3 Å². The first-order valence-corrected chi connectivity index (χ1v) is 8.85. The van der Waals surface area contributed by atoms with Gasteiger partial charge in [0.05, 0.1) is 5.56 Å². The second-order valence-electron chi connectivity index (χ2n) is 5.02. The lowest BCUT2D eigenvalue weighted by molar-refractivity contribution is 0.0697. The average molecular weight is 324 g/mol. The summed E-state index contributed by atoms with van der Waals surface area (Å²) in [5.41, 5.74) is 1.12. The fourth-order valence-corrected chi connectivity index (χ4v) is 2.43. The van der Waals surface area contributed by atoms with Gasteiger partial charge in [0.15, 0.2) is 0 Å². The first-order chi connectivity index (χ1) is 10.6. The topological polar surface area (TPSA) is 78.4 Å².